The van der Waals surface area contributed by atoms with Crippen LogP contribution in [-0.4, -0.2) is 28.4 Å². The van der Waals surface area contributed by atoms with Crippen molar-refractivity contribution in [1.29, 1.82) is 0 Å². The number of hydrogen-bond acceptors (Lipinski definition) is 2. The monoisotopic (exact) mass is 286 g/mol. The highest BCUT2D eigenvalue weighted by Gasteiger charge is 2.19. The average molecular weight is 286 g/mol. The van der Waals surface area contributed by atoms with Gasteiger partial charge in [-0.05, 0) is 32.0 Å². The summed E-state index contributed by atoms with van der Waals surface area (Å²) in [6.07, 6.45) is 0.392. The molecular weight excluding hydrogens is 270 g/mol. The fourth-order valence-corrected chi connectivity index (χ4v) is 1.71. The van der Waals surface area contributed by atoms with Crippen LogP contribution < -0.4 is 5.73 Å². The first-order chi connectivity index (χ1) is 8.82. The van der Waals surface area contributed by atoms with Crippen molar-refractivity contribution in [2.24, 2.45) is 5.73 Å². The van der Waals surface area contributed by atoms with Gasteiger partial charge in [0.2, 0.25) is 0 Å². The van der Waals surface area contributed by atoms with Crippen molar-refractivity contribution in [3.05, 3.63) is 35.4 Å². The number of carbonyl (C=O) groups is 1. The molecule has 0 atom stereocenters. The van der Waals surface area contributed by atoms with Crippen LogP contribution in [0.15, 0.2) is 18.2 Å². The second-order valence-corrected chi connectivity index (χ2v) is 4.96. The number of hydrogen-bond donors (Lipinski definition) is 1. The Bertz CT molecular complexity index is 492. The van der Waals surface area contributed by atoms with Gasteiger partial charge in [-0.25, -0.2) is 8.78 Å². The molecule has 0 aliphatic carbocycles. The van der Waals surface area contributed by atoms with E-state index in [1.165, 1.54) is 11.0 Å². The SMILES string of the molecule is CC(C)N(CCC(N)=S)C(=O)c1ccc(F)c(F)c1. The summed E-state index contributed by atoms with van der Waals surface area (Å²) in [6.45, 7) is 4.01. The Morgan fingerprint density at radius 3 is 2.47 bits per heavy atom. The van der Waals surface area contributed by atoms with Gasteiger partial charge in [-0.15, -0.1) is 0 Å². The summed E-state index contributed by atoms with van der Waals surface area (Å²) >= 11 is 4.77. The van der Waals surface area contributed by atoms with Crippen LogP contribution in [0.4, 0.5) is 8.78 Å². The zero-order valence-electron chi connectivity index (χ0n) is 10.8. The fourth-order valence-electron chi connectivity index (χ4n) is 1.62. The largest absolute Gasteiger partial charge is 0.393 e. The van der Waals surface area contributed by atoms with Gasteiger partial charge in [0.25, 0.3) is 5.91 Å². The predicted molar refractivity (Wildman–Crippen MR) is 73.9 cm³/mol. The maximum atomic E-state index is 13.1. The van der Waals surface area contributed by atoms with Crippen LogP contribution in [0.25, 0.3) is 0 Å². The van der Waals surface area contributed by atoms with E-state index >= 15 is 0 Å². The van der Waals surface area contributed by atoms with E-state index in [-0.39, 0.29) is 17.5 Å². The van der Waals surface area contributed by atoms with Crippen molar-refractivity contribution in [3.63, 3.8) is 0 Å². The van der Waals surface area contributed by atoms with Gasteiger partial charge in [0.15, 0.2) is 11.6 Å². The lowest BCUT2D eigenvalue weighted by molar-refractivity contribution is 0.0711. The standard InChI is InChI=1S/C13H16F2N2OS/c1-8(2)17(6-5-12(16)19)13(18)9-3-4-10(14)11(15)7-9/h3-4,7-8H,5-6H2,1-2H3,(H2,16,19). The zero-order chi connectivity index (χ0) is 14.6. The smallest absolute Gasteiger partial charge is 0.254 e. The van der Waals surface area contributed by atoms with Crippen LogP contribution in [0.2, 0.25) is 0 Å². The topological polar surface area (TPSA) is 46.3 Å². The van der Waals surface area contributed by atoms with Gasteiger partial charge in [0.1, 0.15) is 0 Å². The molecule has 0 saturated heterocycles. The molecule has 1 amide bonds. The number of benzene rings is 1. The second kappa shape index (κ2) is 6.56. The molecule has 104 valence electrons. The summed E-state index contributed by atoms with van der Waals surface area (Å²) in [4.78, 5) is 14.0. The molecule has 0 bridgehead atoms. The molecule has 0 aromatic heterocycles. The third kappa shape index (κ3) is 4.24. The highest BCUT2D eigenvalue weighted by molar-refractivity contribution is 7.80. The van der Waals surface area contributed by atoms with Crippen LogP contribution in [0.3, 0.4) is 0 Å². The summed E-state index contributed by atoms with van der Waals surface area (Å²) in [7, 11) is 0. The summed E-state index contributed by atoms with van der Waals surface area (Å²) in [5, 5.41) is 0. The van der Waals surface area contributed by atoms with E-state index in [1.54, 1.807) is 0 Å². The lowest BCUT2D eigenvalue weighted by Crippen LogP contribution is -2.39. The minimum Gasteiger partial charge on any atom is -0.393 e. The van der Waals surface area contributed by atoms with Gasteiger partial charge in [0.05, 0.1) is 4.99 Å². The second-order valence-electron chi connectivity index (χ2n) is 4.44. The van der Waals surface area contributed by atoms with Crippen molar-refractivity contribution in [2.75, 3.05) is 6.54 Å². The van der Waals surface area contributed by atoms with Crippen LogP contribution in [0, 0.1) is 11.6 Å². The highest BCUT2D eigenvalue weighted by Crippen LogP contribution is 2.13. The highest BCUT2D eigenvalue weighted by atomic mass is 32.1. The number of thiocarbonyl (C=S) groups is 1. The summed E-state index contributed by atoms with van der Waals surface area (Å²) in [6, 6.07) is 3.01. The Morgan fingerprint density at radius 2 is 2.00 bits per heavy atom. The molecular formula is C13H16F2N2OS. The summed E-state index contributed by atoms with van der Waals surface area (Å²) in [5.74, 6) is -2.38. The van der Waals surface area contributed by atoms with Crippen LogP contribution in [0.5, 0.6) is 0 Å². The molecule has 6 heteroatoms. The molecule has 1 rings (SSSR count). The number of halogens is 2. The quantitative estimate of drug-likeness (QED) is 0.846. The Balaban J connectivity index is 2.92. The first-order valence-electron chi connectivity index (χ1n) is 5.87. The number of nitrogens with zero attached hydrogens (tertiary/aromatic N) is 1. The lowest BCUT2D eigenvalue weighted by atomic mass is 10.1. The average Bonchev–Trinajstić information content (AvgIpc) is 2.31. The van der Waals surface area contributed by atoms with Gasteiger partial charge in [-0.2, -0.15) is 0 Å². The van der Waals surface area contributed by atoms with Crippen molar-refractivity contribution in [2.45, 2.75) is 26.3 Å². The maximum Gasteiger partial charge on any atom is 0.254 e. The zero-order valence-corrected chi connectivity index (χ0v) is 11.6. The van der Waals surface area contributed by atoms with E-state index in [0.717, 1.165) is 12.1 Å². The normalized spacial score (nSPS) is 10.6. The van der Waals surface area contributed by atoms with Crippen LogP contribution in [0.1, 0.15) is 30.6 Å². The molecule has 0 aliphatic heterocycles. The third-order valence-electron chi connectivity index (χ3n) is 2.65. The van der Waals surface area contributed by atoms with Gasteiger partial charge in [-0.1, -0.05) is 12.2 Å². The van der Waals surface area contributed by atoms with Gasteiger partial charge in [-0.3, -0.25) is 4.79 Å². The Morgan fingerprint density at radius 1 is 1.37 bits per heavy atom. The molecule has 0 radical (unpaired) electrons. The first kappa shape index (κ1) is 15.5. The van der Waals surface area contributed by atoms with Gasteiger partial charge >= 0.3 is 0 Å². The molecule has 0 aliphatic rings. The molecule has 0 spiro atoms. The Kier molecular flexibility index (Phi) is 5.35. The first-order valence-corrected chi connectivity index (χ1v) is 6.28. The van der Waals surface area contributed by atoms with Crippen molar-refractivity contribution in [3.8, 4) is 0 Å². The van der Waals surface area contributed by atoms with Crippen molar-refractivity contribution < 1.29 is 13.6 Å². The summed E-state index contributed by atoms with van der Waals surface area (Å²) < 4.78 is 26.0. The minimum atomic E-state index is -1.04. The van der Waals surface area contributed by atoms with Gasteiger partial charge in [0, 0.05) is 24.6 Å². The van der Waals surface area contributed by atoms with E-state index in [0.29, 0.717) is 18.0 Å². The van der Waals surface area contributed by atoms with E-state index in [9.17, 15) is 13.6 Å². The van der Waals surface area contributed by atoms with Crippen LogP contribution in [-0.2, 0) is 0 Å². The number of rotatable bonds is 5. The van der Waals surface area contributed by atoms with E-state index in [1.807, 2.05) is 13.8 Å². The van der Waals surface area contributed by atoms with Crippen molar-refractivity contribution in [1.82, 2.24) is 4.90 Å². The molecule has 19 heavy (non-hydrogen) atoms. The molecule has 1 aromatic rings. The van der Waals surface area contributed by atoms with E-state index < -0.39 is 11.6 Å². The van der Waals surface area contributed by atoms with Gasteiger partial charge < -0.3 is 10.6 Å². The van der Waals surface area contributed by atoms with Crippen LogP contribution >= 0.6 is 12.2 Å². The minimum absolute atomic E-state index is 0.0880. The molecule has 2 N–H and O–H groups in total. The fraction of sp³-hybridized carbons (Fsp3) is 0.385. The van der Waals surface area contributed by atoms with E-state index in [4.69, 9.17) is 18.0 Å². The molecule has 3 nitrogen and oxygen atoms in total. The lowest BCUT2D eigenvalue weighted by Gasteiger charge is -2.26. The van der Waals surface area contributed by atoms with E-state index in [2.05, 4.69) is 0 Å². The number of carbonyl (C=O) groups excluding carboxylic acids is 1. The predicted octanol–water partition coefficient (Wildman–Crippen LogP) is 2.49. The maximum absolute atomic E-state index is 13.1. The Labute approximate surface area is 116 Å². The molecule has 0 saturated carbocycles. The Hall–Kier alpha value is -1.56. The molecule has 1 aromatic carbocycles. The molecule has 0 fully saturated rings. The third-order valence-corrected chi connectivity index (χ3v) is 2.85. The number of nitrogens with two attached hydrogens (primary N) is 1. The summed E-state index contributed by atoms with van der Waals surface area (Å²) in [5.41, 5.74) is 5.51. The number of amides is 1. The molecule has 0 unspecified atom stereocenters. The van der Waals surface area contributed by atoms with Crippen molar-refractivity contribution >= 4 is 23.1 Å². The molecule has 0 heterocycles.